The molecule has 0 aromatic heterocycles. The van der Waals surface area contributed by atoms with Crippen LogP contribution in [0.4, 0.5) is 5.69 Å². The van der Waals surface area contributed by atoms with Crippen LogP contribution in [0, 0.1) is 13.8 Å². The lowest BCUT2D eigenvalue weighted by Crippen LogP contribution is -2.49. The van der Waals surface area contributed by atoms with Crippen molar-refractivity contribution >= 4 is 23.4 Å². The Balaban J connectivity index is 1.36. The number of hydrogen-bond donors (Lipinski definition) is 1. The molecule has 27 heavy (non-hydrogen) atoms. The molecule has 1 N–H and O–H groups in total. The van der Waals surface area contributed by atoms with Gasteiger partial charge in [-0.2, -0.15) is 0 Å². The fraction of sp³-hybridized carbons (Fsp3) is 0.409. The Labute approximate surface area is 166 Å². The third-order valence-corrected chi connectivity index (χ3v) is 6.11. The highest BCUT2D eigenvalue weighted by Crippen LogP contribution is 2.23. The maximum absolute atomic E-state index is 12.2. The molecule has 1 saturated heterocycles. The second kappa shape index (κ2) is 9.81. The van der Waals surface area contributed by atoms with Crippen LogP contribution in [-0.2, 0) is 4.79 Å². The molecule has 0 radical (unpaired) electrons. The highest BCUT2D eigenvalue weighted by Gasteiger charge is 2.20. The number of piperazine rings is 1. The van der Waals surface area contributed by atoms with E-state index in [1.807, 2.05) is 18.2 Å². The SMILES string of the molecule is Cc1cccc(N2CCN(CC(=O)NCCSc3ccccc3)CC2)c1C. The van der Waals surface area contributed by atoms with Gasteiger partial charge in [-0.15, -0.1) is 11.8 Å². The van der Waals surface area contributed by atoms with Gasteiger partial charge in [0, 0.05) is 49.1 Å². The van der Waals surface area contributed by atoms with Crippen molar-refractivity contribution in [2.24, 2.45) is 0 Å². The monoisotopic (exact) mass is 383 g/mol. The maximum atomic E-state index is 12.2. The number of thioether (sulfide) groups is 1. The van der Waals surface area contributed by atoms with E-state index in [9.17, 15) is 4.79 Å². The molecule has 1 aliphatic rings. The van der Waals surface area contributed by atoms with Crippen LogP contribution in [0.5, 0.6) is 0 Å². The summed E-state index contributed by atoms with van der Waals surface area (Å²) < 4.78 is 0. The van der Waals surface area contributed by atoms with Gasteiger partial charge in [0.2, 0.25) is 5.91 Å². The molecule has 2 aromatic rings. The molecule has 1 aliphatic heterocycles. The van der Waals surface area contributed by atoms with Gasteiger partial charge in [0.05, 0.1) is 6.54 Å². The van der Waals surface area contributed by atoms with Crippen molar-refractivity contribution in [1.29, 1.82) is 0 Å². The quantitative estimate of drug-likeness (QED) is 0.588. The van der Waals surface area contributed by atoms with Crippen molar-refractivity contribution in [3.05, 3.63) is 59.7 Å². The number of benzene rings is 2. The number of hydrogen-bond acceptors (Lipinski definition) is 4. The molecule has 1 fully saturated rings. The molecule has 3 rings (SSSR count). The summed E-state index contributed by atoms with van der Waals surface area (Å²) in [5, 5.41) is 3.04. The normalized spacial score (nSPS) is 15.0. The molecule has 0 atom stereocenters. The molecule has 144 valence electrons. The Kier molecular flexibility index (Phi) is 7.18. The van der Waals surface area contributed by atoms with Gasteiger partial charge in [-0.3, -0.25) is 9.69 Å². The van der Waals surface area contributed by atoms with Crippen LogP contribution in [-0.4, -0.2) is 55.8 Å². The van der Waals surface area contributed by atoms with Gasteiger partial charge in [-0.25, -0.2) is 0 Å². The zero-order valence-corrected chi connectivity index (χ0v) is 17.1. The lowest BCUT2D eigenvalue weighted by Gasteiger charge is -2.36. The first-order valence-electron chi connectivity index (χ1n) is 9.61. The van der Waals surface area contributed by atoms with Gasteiger partial charge in [-0.05, 0) is 43.2 Å². The van der Waals surface area contributed by atoms with Gasteiger partial charge >= 0.3 is 0 Å². The Morgan fingerprint density at radius 3 is 2.48 bits per heavy atom. The van der Waals surface area contributed by atoms with Crippen molar-refractivity contribution in [3.8, 4) is 0 Å². The molecule has 0 spiro atoms. The topological polar surface area (TPSA) is 35.6 Å². The molecular formula is C22H29N3OS. The molecule has 1 heterocycles. The zero-order valence-electron chi connectivity index (χ0n) is 16.3. The first kappa shape index (κ1) is 19.8. The first-order valence-corrected chi connectivity index (χ1v) is 10.6. The largest absolute Gasteiger partial charge is 0.369 e. The summed E-state index contributed by atoms with van der Waals surface area (Å²) in [6.45, 7) is 9.37. The highest BCUT2D eigenvalue weighted by atomic mass is 32.2. The fourth-order valence-electron chi connectivity index (χ4n) is 3.36. The summed E-state index contributed by atoms with van der Waals surface area (Å²) in [6, 6.07) is 16.8. The van der Waals surface area contributed by atoms with E-state index in [4.69, 9.17) is 0 Å². The maximum Gasteiger partial charge on any atom is 0.234 e. The Hall–Kier alpha value is -1.98. The molecule has 2 aromatic carbocycles. The Morgan fingerprint density at radius 2 is 1.74 bits per heavy atom. The number of anilines is 1. The van der Waals surface area contributed by atoms with E-state index in [0.717, 1.165) is 31.9 Å². The molecule has 1 amide bonds. The standard InChI is InChI=1S/C22H29N3OS/c1-18-7-6-10-21(19(18)2)25-14-12-24(13-15-25)17-22(26)23-11-16-27-20-8-4-3-5-9-20/h3-10H,11-17H2,1-2H3,(H,23,26). The number of carbonyl (C=O) groups excluding carboxylic acids is 1. The van der Waals surface area contributed by atoms with Crippen LogP contribution in [0.15, 0.2) is 53.4 Å². The molecule has 0 saturated carbocycles. The molecule has 0 unspecified atom stereocenters. The number of nitrogens with one attached hydrogen (secondary N) is 1. The predicted octanol–water partition coefficient (Wildman–Crippen LogP) is 3.33. The van der Waals surface area contributed by atoms with Crippen LogP contribution < -0.4 is 10.2 Å². The van der Waals surface area contributed by atoms with Crippen molar-refractivity contribution < 1.29 is 4.79 Å². The summed E-state index contributed by atoms with van der Waals surface area (Å²) in [4.78, 5) is 18.1. The third kappa shape index (κ3) is 5.75. The average molecular weight is 384 g/mol. The number of amides is 1. The van der Waals surface area contributed by atoms with Crippen molar-refractivity contribution in [2.45, 2.75) is 18.7 Å². The van der Waals surface area contributed by atoms with Crippen molar-refractivity contribution in [3.63, 3.8) is 0 Å². The number of nitrogens with zero attached hydrogens (tertiary/aromatic N) is 2. The molecular weight excluding hydrogens is 354 g/mol. The van der Waals surface area contributed by atoms with E-state index < -0.39 is 0 Å². The van der Waals surface area contributed by atoms with Gasteiger partial charge in [0.15, 0.2) is 0 Å². The third-order valence-electron chi connectivity index (χ3n) is 5.09. The summed E-state index contributed by atoms with van der Waals surface area (Å²) in [7, 11) is 0. The summed E-state index contributed by atoms with van der Waals surface area (Å²) in [5.74, 6) is 1.03. The molecule has 4 nitrogen and oxygen atoms in total. The minimum atomic E-state index is 0.129. The van der Waals surface area contributed by atoms with E-state index in [-0.39, 0.29) is 5.91 Å². The number of rotatable bonds is 7. The molecule has 5 heteroatoms. The van der Waals surface area contributed by atoms with Gasteiger partial charge < -0.3 is 10.2 Å². The average Bonchev–Trinajstić information content (AvgIpc) is 2.69. The lowest BCUT2D eigenvalue weighted by molar-refractivity contribution is -0.122. The first-order chi connectivity index (χ1) is 13.1. The van der Waals surface area contributed by atoms with E-state index in [0.29, 0.717) is 13.1 Å². The van der Waals surface area contributed by atoms with Crippen LogP contribution in [0.25, 0.3) is 0 Å². The van der Waals surface area contributed by atoms with E-state index >= 15 is 0 Å². The Bertz CT molecular complexity index is 742. The number of aryl methyl sites for hydroxylation is 1. The zero-order chi connectivity index (χ0) is 19.1. The van der Waals surface area contributed by atoms with Gasteiger partial charge in [-0.1, -0.05) is 30.3 Å². The van der Waals surface area contributed by atoms with Crippen LogP contribution >= 0.6 is 11.8 Å². The summed E-state index contributed by atoms with van der Waals surface area (Å²) in [6.07, 6.45) is 0. The van der Waals surface area contributed by atoms with E-state index in [1.54, 1.807) is 11.8 Å². The second-order valence-corrected chi connectivity index (χ2v) is 8.16. The van der Waals surface area contributed by atoms with Gasteiger partial charge in [0.25, 0.3) is 0 Å². The second-order valence-electron chi connectivity index (χ2n) is 6.99. The van der Waals surface area contributed by atoms with Crippen LogP contribution in [0.1, 0.15) is 11.1 Å². The summed E-state index contributed by atoms with van der Waals surface area (Å²) >= 11 is 1.77. The van der Waals surface area contributed by atoms with E-state index in [2.05, 4.69) is 59.3 Å². The smallest absolute Gasteiger partial charge is 0.234 e. The molecule has 0 aliphatic carbocycles. The van der Waals surface area contributed by atoms with E-state index in [1.165, 1.54) is 21.7 Å². The van der Waals surface area contributed by atoms with Crippen LogP contribution in [0.3, 0.4) is 0 Å². The highest BCUT2D eigenvalue weighted by molar-refractivity contribution is 7.99. The minimum Gasteiger partial charge on any atom is -0.369 e. The Morgan fingerprint density at radius 1 is 1.00 bits per heavy atom. The fourth-order valence-corrected chi connectivity index (χ4v) is 4.15. The van der Waals surface area contributed by atoms with Crippen molar-refractivity contribution in [2.75, 3.05) is 49.9 Å². The van der Waals surface area contributed by atoms with Gasteiger partial charge in [0.1, 0.15) is 0 Å². The summed E-state index contributed by atoms with van der Waals surface area (Å²) in [5.41, 5.74) is 4.03. The predicted molar refractivity (Wildman–Crippen MR) is 115 cm³/mol. The molecule has 0 bridgehead atoms. The van der Waals surface area contributed by atoms with Crippen LogP contribution in [0.2, 0.25) is 0 Å². The minimum absolute atomic E-state index is 0.129. The van der Waals surface area contributed by atoms with Crippen molar-refractivity contribution in [1.82, 2.24) is 10.2 Å². The lowest BCUT2D eigenvalue weighted by atomic mass is 10.1. The number of carbonyl (C=O) groups is 1.